The summed E-state index contributed by atoms with van der Waals surface area (Å²) < 4.78 is 31.0. The minimum atomic E-state index is -3.78. The molecule has 0 aromatic heterocycles. The van der Waals surface area contributed by atoms with Crippen LogP contribution in [0.1, 0.15) is 17.3 Å². The van der Waals surface area contributed by atoms with Crippen molar-refractivity contribution in [3.05, 3.63) is 28.2 Å². The molecule has 1 aromatic carbocycles. The number of nitrogens with zero attached hydrogens (tertiary/aromatic N) is 2. The minimum absolute atomic E-state index is 0.0286. The Balaban J connectivity index is 2.20. The number of amides is 3. The zero-order valence-electron chi connectivity index (χ0n) is 14.4. The summed E-state index contributed by atoms with van der Waals surface area (Å²) in [6, 6.07) is 3.41. The summed E-state index contributed by atoms with van der Waals surface area (Å²) in [5.74, 6) is -1.51. The van der Waals surface area contributed by atoms with Gasteiger partial charge in [0, 0.05) is 31.7 Å². The topological polar surface area (TPSA) is 113 Å². The molecule has 0 aliphatic carbocycles. The van der Waals surface area contributed by atoms with Gasteiger partial charge in [0.05, 0.1) is 10.5 Å². The third-order valence-corrected chi connectivity index (χ3v) is 6.49. The maximum absolute atomic E-state index is 12.3. The predicted octanol–water partition coefficient (Wildman–Crippen LogP) is 0.797. The second kappa shape index (κ2) is 7.72. The Morgan fingerprint density at radius 2 is 2.00 bits per heavy atom. The minimum Gasteiger partial charge on any atom is -0.449 e. The molecule has 1 fully saturated rings. The van der Waals surface area contributed by atoms with Crippen LogP contribution in [0.2, 0.25) is 0 Å². The highest BCUT2D eigenvalue weighted by molar-refractivity contribution is 9.10. The van der Waals surface area contributed by atoms with E-state index >= 15 is 0 Å². The Hall–Kier alpha value is -1.98. The third kappa shape index (κ3) is 4.05. The molecule has 1 aliphatic heterocycles. The normalized spacial score (nSPS) is 15.7. The van der Waals surface area contributed by atoms with Gasteiger partial charge in [-0.05, 0) is 41.1 Å². The average molecular weight is 448 g/mol. The van der Waals surface area contributed by atoms with E-state index in [1.807, 2.05) is 0 Å². The molecule has 0 radical (unpaired) electrons. The quantitative estimate of drug-likeness (QED) is 0.667. The van der Waals surface area contributed by atoms with Crippen LogP contribution in [-0.2, 0) is 19.6 Å². The summed E-state index contributed by atoms with van der Waals surface area (Å²) in [5.41, 5.74) is -0.0286. The number of hydrogen-bond donors (Lipinski definition) is 1. The second-order valence-corrected chi connectivity index (χ2v) is 8.68. The van der Waals surface area contributed by atoms with Gasteiger partial charge in [0.25, 0.3) is 5.91 Å². The molecule has 1 saturated heterocycles. The number of urea groups is 1. The standard InChI is InChI=1S/C15H18BrN3O6S/c1-9(13(20)19-7-6-17-15(19)22)25-14(21)10-4-5-11(16)12(8-10)26(23,24)18(2)3/h4-5,8-9H,6-7H2,1-3H3,(H,17,22). The van der Waals surface area contributed by atoms with Crippen molar-refractivity contribution in [3.63, 3.8) is 0 Å². The van der Waals surface area contributed by atoms with Crippen molar-refractivity contribution in [3.8, 4) is 0 Å². The van der Waals surface area contributed by atoms with Crippen molar-refractivity contribution >= 4 is 43.9 Å². The lowest BCUT2D eigenvalue weighted by Gasteiger charge is -2.18. The largest absolute Gasteiger partial charge is 0.449 e. The van der Waals surface area contributed by atoms with Crippen LogP contribution in [0.4, 0.5) is 4.79 Å². The lowest BCUT2D eigenvalue weighted by molar-refractivity contribution is -0.136. The fraction of sp³-hybridized carbons (Fsp3) is 0.400. The number of carbonyl (C=O) groups excluding carboxylic acids is 3. The van der Waals surface area contributed by atoms with Gasteiger partial charge in [-0.25, -0.2) is 22.3 Å². The number of esters is 1. The molecule has 1 aromatic rings. The van der Waals surface area contributed by atoms with Crippen LogP contribution in [0.5, 0.6) is 0 Å². The maximum atomic E-state index is 12.3. The fourth-order valence-electron chi connectivity index (χ4n) is 2.21. The number of benzene rings is 1. The first-order valence-electron chi connectivity index (χ1n) is 7.58. The number of hydrogen-bond acceptors (Lipinski definition) is 6. The first kappa shape index (κ1) is 20.3. The van der Waals surface area contributed by atoms with Crippen LogP contribution in [0, 0.1) is 0 Å². The van der Waals surface area contributed by atoms with Crippen LogP contribution < -0.4 is 5.32 Å². The van der Waals surface area contributed by atoms with Gasteiger partial charge in [-0.15, -0.1) is 0 Å². The Morgan fingerprint density at radius 1 is 1.35 bits per heavy atom. The maximum Gasteiger partial charge on any atom is 0.338 e. The van der Waals surface area contributed by atoms with Gasteiger partial charge in [-0.1, -0.05) is 0 Å². The van der Waals surface area contributed by atoms with Gasteiger partial charge in [-0.3, -0.25) is 9.69 Å². The summed E-state index contributed by atoms with van der Waals surface area (Å²) >= 11 is 3.15. The van der Waals surface area contributed by atoms with E-state index in [1.165, 1.54) is 39.2 Å². The number of carbonyl (C=O) groups is 3. The van der Waals surface area contributed by atoms with Crippen molar-refractivity contribution in [1.29, 1.82) is 0 Å². The molecule has 0 saturated carbocycles. The first-order valence-corrected chi connectivity index (χ1v) is 9.81. The van der Waals surface area contributed by atoms with Crippen LogP contribution in [0.3, 0.4) is 0 Å². The third-order valence-electron chi connectivity index (χ3n) is 3.68. The Morgan fingerprint density at radius 3 is 2.54 bits per heavy atom. The van der Waals surface area contributed by atoms with Gasteiger partial charge in [0.15, 0.2) is 6.10 Å². The van der Waals surface area contributed by atoms with Gasteiger partial charge >= 0.3 is 12.0 Å². The molecule has 142 valence electrons. The fourth-order valence-corrected chi connectivity index (χ4v) is 4.05. The summed E-state index contributed by atoms with van der Waals surface area (Å²) in [7, 11) is -1.04. The van der Waals surface area contributed by atoms with E-state index in [1.54, 1.807) is 0 Å². The SMILES string of the molecule is CC(OC(=O)c1ccc(Br)c(S(=O)(=O)N(C)C)c1)C(=O)N1CCNC1=O. The summed E-state index contributed by atoms with van der Waals surface area (Å²) in [6.07, 6.45) is -1.19. The average Bonchev–Trinajstić information content (AvgIpc) is 2.99. The molecule has 2 rings (SSSR count). The molecule has 0 bridgehead atoms. The second-order valence-electron chi connectivity index (χ2n) is 5.70. The van der Waals surface area contributed by atoms with Crippen molar-refractivity contribution < 1.29 is 27.5 Å². The number of rotatable bonds is 5. The molecule has 1 heterocycles. The van der Waals surface area contributed by atoms with Crippen molar-refractivity contribution in [2.75, 3.05) is 27.2 Å². The molecule has 9 nitrogen and oxygen atoms in total. The smallest absolute Gasteiger partial charge is 0.338 e. The molecule has 0 spiro atoms. The van der Waals surface area contributed by atoms with Gasteiger partial charge in [-0.2, -0.15) is 0 Å². The van der Waals surface area contributed by atoms with Crippen molar-refractivity contribution in [2.24, 2.45) is 0 Å². The highest BCUT2D eigenvalue weighted by Gasteiger charge is 2.32. The van der Waals surface area contributed by atoms with Crippen molar-refractivity contribution in [1.82, 2.24) is 14.5 Å². The zero-order valence-corrected chi connectivity index (χ0v) is 16.8. The zero-order chi connectivity index (χ0) is 19.6. The molecular weight excluding hydrogens is 430 g/mol. The number of sulfonamides is 1. The predicted molar refractivity (Wildman–Crippen MR) is 95.0 cm³/mol. The monoisotopic (exact) mass is 447 g/mol. The van der Waals surface area contributed by atoms with Gasteiger partial charge in [0.1, 0.15) is 0 Å². The Labute approximate surface area is 159 Å². The van der Waals surface area contributed by atoms with E-state index in [0.29, 0.717) is 11.0 Å². The van der Waals surface area contributed by atoms with Crippen molar-refractivity contribution in [2.45, 2.75) is 17.9 Å². The molecule has 1 atom stereocenters. The van der Waals surface area contributed by atoms with Gasteiger partial charge < -0.3 is 10.1 Å². The Kier molecular flexibility index (Phi) is 6.04. The number of halogens is 1. The lowest BCUT2D eigenvalue weighted by Crippen LogP contribution is -2.41. The van der Waals surface area contributed by atoms with E-state index in [0.717, 1.165) is 9.21 Å². The molecule has 1 aliphatic rings. The highest BCUT2D eigenvalue weighted by Crippen LogP contribution is 2.25. The molecule has 1 N–H and O–H groups in total. The first-order chi connectivity index (χ1) is 12.1. The summed E-state index contributed by atoms with van der Waals surface area (Å²) in [6.45, 7) is 1.88. The molecule has 1 unspecified atom stereocenters. The van der Waals surface area contributed by atoms with Crippen LogP contribution in [0.15, 0.2) is 27.6 Å². The molecule has 3 amide bonds. The molecule has 26 heavy (non-hydrogen) atoms. The summed E-state index contributed by atoms with van der Waals surface area (Å²) in [5, 5.41) is 2.48. The molecular formula is C15H18BrN3O6S. The lowest BCUT2D eigenvalue weighted by atomic mass is 10.2. The van der Waals surface area contributed by atoms with Crippen LogP contribution in [0.25, 0.3) is 0 Å². The van der Waals surface area contributed by atoms with Crippen LogP contribution in [-0.4, -0.2) is 68.8 Å². The highest BCUT2D eigenvalue weighted by atomic mass is 79.9. The van der Waals surface area contributed by atoms with E-state index in [2.05, 4.69) is 21.2 Å². The van der Waals surface area contributed by atoms with Gasteiger partial charge in [0.2, 0.25) is 10.0 Å². The number of ether oxygens (including phenoxy) is 1. The van der Waals surface area contributed by atoms with Crippen LogP contribution >= 0.6 is 15.9 Å². The number of nitrogens with one attached hydrogen (secondary N) is 1. The van der Waals surface area contributed by atoms with E-state index in [9.17, 15) is 22.8 Å². The molecule has 11 heteroatoms. The van der Waals surface area contributed by atoms with E-state index in [-0.39, 0.29) is 17.0 Å². The van der Waals surface area contributed by atoms with E-state index in [4.69, 9.17) is 4.74 Å². The summed E-state index contributed by atoms with van der Waals surface area (Å²) in [4.78, 5) is 36.8. The Bertz CT molecular complexity index is 855. The van der Waals surface area contributed by atoms with E-state index < -0.39 is 34.0 Å². The number of imide groups is 1.